The predicted octanol–water partition coefficient (Wildman–Crippen LogP) is 2.66. The number of carbonyl (C=O) groups excluding carboxylic acids is 2. The van der Waals surface area contributed by atoms with Gasteiger partial charge in [0.1, 0.15) is 23.9 Å². The normalized spacial score (nSPS) is 12.0. The summed E-state index contributed by atoms with van der Waals surface area (Å²) < 4.78 is 15.9. The van der Waals surface area contributed by atoms with Gasteiger partial charge in [-0.05, 0) is 33.8 Å². The summed E-state index contributed by atoms with van der Waals surface area (Å²) in [5.74, 6) is 0.822. The van der Waals surface area contributed by atoms with Crippen molar-refractivity contribution in [3.05, 3.63) is 36.7 Å². The van der Waals surface area contributed by atoms with E-state index in [0.29, 0.717) is 22.7 Å². The molecule has 1 atom stereocenters. The zero-order valence-electron chi connectivity index (χ0n) is 19.6. The summed E-state index contributed by atoms with van der Waals surface area (Å²) in [6, 6.07) is 0.335. The first-order chi connectivity index (χ1) is 16.3. The van der Waals surface area contributed by atoms with Crippen molar-refractivity contribution >= 4 is 23.2 Å². The number of aryl methyl sites for hydroxylation is 2. The lowest BCUT2D eigenvalue weighted by Gasteiger charge is -2.12. The van der Waals surface area contributed by atoms with E-state index in [2.05, 4.69) is 20.4 Å². The summed E-state index contributed by atoms with van der Waals surface area (Å²) in [5.41, 5.74) is 2.98. The second kappa shape index (κ2) is 9.33. The Hall–Kier alpha value is -4.22. The van der Waals surface area contributed by atoms with Crippen LogP contribution in [0.2, 0.25) is 0 Å². The average Bonchev–Trinajstić information content (AvgIpc) is 3.52. The predicted molar refractivity (Wildman–Crippen MR) is 122 cm³/mol. The standard InChI is InChI=1S/C22H26N8O4/c1-6-30-14(4)16(10-25-30)18-27-17-19(28(18)5)23-12-24-20(17)34-15-8-9-29(11-15)22(32)26-13(3)21(31)33-7-2/h8-13H,6-7H2,1-5H3,(H,26,32)/t13-/m0/s1. The van der Waals surface area contributed by atoms with Crippen LogP contribution in [0.3, 0.4) is 0 Å². The zero-order valence-corrected chi connectivity index (χ0v) is 19.6. The third-order valence-electron chi connectivity index (χ3n) is 5.36. The van der Waals surface area contributed by atoms with E-state index in [9.17, 15) is 9.59 Å². The minimum Gasteiger partial charge on any atom is -0.464 e. The van der Waals surface area contributed by atoms with Gasteiger partial charge in [-0.15, -0.1) is 0 Å². The lowest BCUT2D eigenvalue weighted by atomic mass is 10.2. The molecule has 0 aromatic carbocycles. The monoisotopic (exact) mass is 466 g/mol. The molecule has 0 fully saturated rings. The number of hydrogen-bond acceptors (Lipinski definition) is 8. The van der Waals surface area contributed by atoms with Crippen molar-refractivity contribution in [2.45, 2.75) is 40.3 Å². The summed E-state index contributed by atoms with van der Waals surface area (Å²) >= 11 is 0. The molecule has 4 rings (SSSR count). The number of imidazole rings is 1. The molecule has 1 amide bonds. The van der Waals surface area contributed by atoms with E-state index < -0.39 is 18.0 Å². The molecular formula is C22H26N8O4. The van der Waals surface area contributed by atoms with Gasteiger partial charge in [0, 0.05) is 25.5 Å². The van der Waals surface area contributed by atoms with Gasteiger partial charge in [-0.1, -0.05) is 0 Å². The molecule has 0 spiro atoms. The van der Waals surface area contributed by atoms with Gasteiger partial charge in [0.15, 0.2) is 11.2 Å². The van der Waals surface area contributed by atoms with E-state index in [1.807, 2.05) is 30.1 Å². The highest BCUT2D eigenvalue weighted by Gasteiger charge is 2.21. The van der Waals surface area contributed by atoms with E-state index in [1.165, 1.54) is 23.3 Å². The van der Waals surface area contributed by atoms with Crippen LogP contribution in [-0.4, -0.2) is 58.5 Å². The molecule has 178 valence electrons. The van der Waals surface area contributed by atoms with Crippen molar-refractivity contribution in [2.24, 2.45) is 7.05 Å². The third kappa shape index (κ3) is 4.21. The molecule has 0 bridgehead atoms. The van der Waals surface area contributed by atoms with Gasteiger partial charge in [-0.2, -0.15) is 10.1 Å². The largest absolute Gasteiger partial charge is 0.464 e. The maximum Gasteiger partial charge on any atom is 0.328 e. The Morgan fingerprint density at radius 2 is 2.03 bits per heavy atom. The van der Waals surface area contributed by atoms with Gasteiger partial charge in [0.05, 0.1) is 24.6 Å². The highest BCUT2D eigenvalue weighted by molar-refractivity contribution is 5.85. The Morgan fingerprint density at radius 3 is 2.74 bits per heavy atom. The van der Waals surface area contributed by atoms with Crippen molar-refractivity contribution < 1.29 is 19.1 Å². The molecule has 34 heavy (non-hydrogen) atoms. The van der Waals surface area contributed by atoms with Crippen LogP contribution in [0, 0.1) is 6.92 Å². The third-order valence-corrected chi connectivity index (χ3v) is 5.36. The number of nitrogens with zero attached hydrogens (tertiary/aromatic N) is 7. The number of fused-ring (bicyclic) bond motifs is 1. The number of carbonyl (C=O) groups is 2. The maximum absolute atomic E-state index is 12.4. The van der Waals surface area contributed by atoms with Gasteiger partial charge in [0.2, 0.25) is 0 Å². The zero-order chi connectivity index (χ0) is 24.4. The van der Waals surface area contributed by atoms with Crippen LogP contribution in [0.5, 0.6) is 11.6 Å². The van der Waals surface area contributed by atoms with Crippen molar-refractivity contribution in [2.75, 3.05) is 6.61 Å². The number of ether oxygens (including phenoxy) is 2. The minimum absolute atomic E-state index is 0.240. The fourth-order valence-electron chi connectivity index (χ4n) is 3.54. The molecule has 1 N–H and O–H groups in total. The Kier molecular flexibility index (Phi) is 6.30. The highest BCUT2D eigenvalue weighted by atomic mass is 16.5. The van der Waals surface area contributed by atoms with Gasteiger partial charge < -0.3 is 19.4 Å². The summed E-state index contributed by atoms with van der Waals surface area (Å²) in [6.07, 6.45) is 6.19. The molecule has 0 aliphatic heterocycles. The van der Waals surface area contributed by atoms with Crippen LogP contribution in [0.25, 0.3) is 22.6 Å². The SMILES string of the molecule is CCOC(=O)[C@H](C)NC(=O)n1ccc(Oc2ncnc3c2nc(-c2cnn(CC)c2C)n3C)c1. The molecule has 0 aliphatic carbocycles. The number of rotatable bonds is 7. The summed E-state index contributed by atoms with van der Waals surface area (Å²) in [7, 11) is 1.87. The van der Waals surface area contributed by atoms with Crippen LogP contribution < -0.4 is 10.1 Å². The number of aromatic nitrogens is 7. The van der Waals surface area contributed by atoms with Gasteiger partial charge in [0.25, 0.3) is 5.88 Å². The molecule has 4 aromatic rings. The van der Waals surface area contributed by atoms with E-state index in [0.717, 1.165) is 17.8 Å². The summed E-state index contributed by atoms with van der Waals surface area (Å²) in [5, 5.41) is 6.97. The first kappa shape index (κ1) is 23.0. The van der Waals surface area contributed by atoms with Crippen molar-refractivity contribution in [1.29, 1.82) is 0 Å². The van der Waals surface area contributed by atoms with Crippen LogP contribution in [0.4, 0.5) is 4.79 Å². The van der Waals surface area contributed by atoms with Crippen LogP contribution in [-0.2, 0) is 23.1 Å². The van der Waals surface area contributed by atoms with Crippen molar-refractivity contribution in [1.82, 2.24) is 39.2 Å². The molecule has 12 nitrogen and oxygen atoms in total. The summed E-state index contributed by atoms with van der Waals surface area (Å²) in [6.45, 7) is 8.27. The van der Waals surface area contributed by atoms with E-state index >= 15 is 0 Å². The second-order valence-electron chi connectivity index (χ2n) is 7.58. The summed E-state index contributed by atoms with van der Waals surface area (Å²) in [4.78, 5) is 37.5. The Labute approximate surface area is 195 Å². The quantitative estimate of drug-likeness (QED) is 0.411. The fourth-order valence-corrected chi connectivity index (χ4v) is 3.54. The first-order valence-corrected chi connectivity index (χ1v) is 10.9. The molecule has 4 aromatic heterocycles. The molecule has 4 heterocycles. The van der Waals surface area contributed by atoms with Gasteiger partial charge >= 0.3 is 12.0 Å². The number of amides is 1. The fraction of sp³-hybridized carbons (Fsp3) is 0.364. The molecule has 0 saturated carbocycles. The van der Waals surface area contributed by atoms with Crippen molar-refractivity contribution in [3.63, 3.8) is 0 Å². The topological polar surface area (TPSA) is 131 Å². The smallest absolute Gasteiger partial charge is 0.328 e. The lowest BCUT2D eigenvalue weighted by molar-refractivity contribution is -0.144. The number of hydrogen-bond donors (Lipinski definition) is 1. The van der Waals surface area contributed by atoms with Crippen molar-refractivity contribution in [3.8, 4) is 23.0 Å². The first-order valence-electron chi connectivity index (χ1n) is 10.9. The lowest BCUT2D eigenvalue weighted by Crippen LogP contribution is -2.41. The van der Waals surface area contributed by atoms with E-state index in [4.69, 9.17) is 14.5 Å². The van der Waals surface area contributed by atoms with Crippen LogP contribution >= 0.6 is 0 Å². The molecule has 0 radical (unpaired) electrons. The Morgan fingerprint density at radius 1 is 1.24 bits per heavy atom. The molecular weight excluding hydrogens is 440 g/mol. The van der Waals surface area contributed by atoms with E-state index in [1.54, 1.807) is 26.1 Å². The molecule has 0 aliphatic rings. The molecule has 0 unspecified atom stereocenters. The number of esters is 1. The van der Waals surface area contributed by atoms with Crippen LogP contribution in [0.15, 0.2) is 31.0 Å². The van der Waals surface area contributed by atoms with Gasteiger partial charge in [-0.25, -0.2) is 19.6 Å². The Bertz CT molecular complexity index is 1350. The molecule has 0 saturated heterocycles. The minimum atomic E-state index is -0.784. The Balaban J connectivity index is 1.58. The highest BCUT2D eigenvalue weighted by Crippen LogP contribution is 2.30. The molecule has 12 heteroatoms. The average molecular weight is 467 g/mol. The van der Waals surface area contributed by atoms with Gasteiger partial charge in [-0.3, -0.25) is 9.25 Å². The van der Waals surface area contributed by atoms with Crippen LogP contribution in [0.1, 0.15) is 26.5 Å². The second-order valence-corrected chi connectivity index (χ2v) is 7.58. The number of nitrogens with one attached hydrogen (secondary N) is 1. The van der Waals surface area contributed by atoms with E-state index in [-0.39, 0.29) is 12.5 Å². The maximum atomic E-state index is 12.4.